The summed E-state index contributed by atoms with van der Waals surface area (Å²) in [6, 6.07) is 0. The van der Waals surface area contributed by atoms with Crippen molar-refractivity contribution in [3.8, 4) is 0 Å². The maximum absolute atomic E-state index is 11.8. The van der Waals surface area contributed by atoms with Gasteiger partial charge in [0.25, 0.3) is 0 Å². The molecule has 0 atom stereocenters. The lowest BCUT2D eigenvalue weighted by molar-refractivity contribution is -0.126. The van der Waals surface area contributed by atoms with Crippen molar-refractivity contribution in [2.75, 3.05) is 11.0 Å². The van der Waals surface area contributed by atoms with E-state index in [2.05, 4.69) is 35.2 Å². The molecule has 2 nitrogen and oxygen atoms in total. The minimum Gasteiger partial charge on any atom is -0.316 e. The molecule has 1 aliphatic carbocycles. The van der Waals surface area contributed by atoms with Crippen molar-refractivity contribution in [1.82, 2.24) is 4.90 Å². The van der Waals surface area contributed by atoms with Crippen LogP contribution >= 0.6 is 22.6 Å². The van der Waals surface area contributed by atoms with E-state index in [1.165, 1.54) is 18.5 Å². The fourth-order valence-corrected chi connectivity index (χ4v) is 2.20. The van der Waals surface area contributed by atoms with Crippen molar-refractivity contribution in [3.05, 3.63) is 24.4 Å². The third-order valence-electron chi connectivity index (χ3n) is 2.59. The fourth-order valence-electron chi connectivity index (χ4n) is 1.79. The van der Waals surface area contributed by atoms with E-state index in [4.69, 9.17) is 0 Å². The van der Waals surface area contributed by atoms with Crippen LogP contribution < -0.4 is 0 Å². The normalized spacial score (nSPS) is 15.7. The van der Waals surface area contributed by atoms with Crippen molar-refractivity contribution < 1.29 is 4.79 Å². The van der Waals surface area contributed by atoms with Gasteiger partial charge in [-0.1, -0.05) is 34.7 Å². The monoisotopic (exact) mass is 319 g/mol. The Morgan fingerprint density at radius 1 is 1.60 bits per heavy atom. The molecule has 0 aromatic carbocycles. The summed E-state index contributed by atoms with van der Waals surface area (Å²) in [6.45, 7) is 4.49. The zero-order valence-electron chi connectivity index (χ0n) is 9.04. The lowest BCUT2D eigenvalue weighted by atomic mass is 10.0. The minimum atomic E-state index is 0.227. The van der Waals surface area contributed by atoms with Gasteiger partial charge in [-0.2, -0.15) is 0 Å². The topological polar surface area (TPSA) is 20.3 Å². The third kappa shape index (κ3) is 3.97. The maximum Gasteiger partial charge on any atom is 0.236 e. The summed E-state index contributed by atoms with van der Waals surface area (Å²) in [5.41, 5.74) is 1.23. The summed E-state index contributed by atoms with van der Waals surface area (Å²) in [5, 5.41) is 0. The molecule has 0 saturated carbocycles. The highest BCUT2D eigenvalue weighted by molar-refractivity contribution is 14.1. The van der Waals surface area contributed by atoms with Crippen LogP contribution in [0.1, 0.15) is 32.1 Å². The van der Waals surface area contributed by atoms with E-state index in [9.17, 15) is 4.79 Å². The largest absolute Gasteiger partial charge is 0.316 e. The van der Waals surface area contributed by atoms with E-state index in [1.807, 2.05) is 11.0 Å². The van der Waals surface area contributed by atoms with Crippen LogP contribution in [0, 0.1) is 0 Å². The number of halogens is 1. The predicted octanol–water partition coefficient (Wildman–Crippen LogP) is 3.28. The number of nitrogens with zero attached hydrogens (tertiary/aromatic N) is 1. The summed E-state index contributed by atoms with van der Waals surface area (Å²) >= 11 is 2.13. The van der Waals surface area contributed by atoms with Crippen LogP contribution in [0.3, 0.4) is 0 Å². The molecule has 3 heteroatoms. The van der Waals surface area contributed by atoms with Gasteiger partial charge in [0.1, 0.15) is 0 Å². The summed E-state index contributed by atoms with van der Waals surface area (Å²) in [7, 11) is 0. The Labute approximate surface area is 106 Å². The number of hydrogen-bond acceptors (Lipinski definition) is 1. The molecule has 0 aliphatic heterocycles. The molecule has 0 saturated heterocycles. The Kier molecular flexibility index (Phi) is 5.98. The molecule has 0 N–H and O–H groups in total. The summed E-state index contributed by atoms with van der Waals surface area (Å²) < 4.78 is 0.562. The molecule has 15 heavy (non-hydrogen) atoms. The van der Waals surface area contributed by atoms with Crippen LogP contribution in [0.15, 0.2) is 24.4 Å². The van der Waals surface area contributed by atoms with Gasteiger partial charge < -0.3 is 4.90 Å². The highest BCUT2D eigenvalue weighted by atomic mass is 127. The maximum atomic E-state index is 11.8. The SMILES string of the molecule is C=CCCN(C(=O)CI)C1=CCCCC1. The average molecular weight is 319 g/mol. The van der Waals surface area contributed by atoms with Crippen LogP contribution in [0.25, 0.3) is 0 Å². The summed E-state index contributed by atoms with van der Waals surface area (Å²) in [4.78, 5) is 13.7. The lowest BCUT2D eigenvalue weighted by Crippen LogP contribution is -2.32. The van der Waals surface area contributed by atoms with E-state index in [0.29, 0.717) is 4.43 Å². The fraction of sp³-hybridized carbons (Fsp3) is 0.583. The zero-order chi connectivity index (χ0) is 11.1. The smallest absolute Gasteiger partial charge is 0.236 e. The molecule has 0 fully saturated rings. The molecule has 0 bridgehead atoms. The van der Waals surface area contributed by atoms with Gasteiger partial charge in [0, 0.05) is 12.2 Å². The third-order valence-corrected chi connectivity index (χ3v) is 3.24. The van der Waals surface area contributed by atoms with E-state index in [-0.39, 0.29) is 5.91 Å². The van der Waals surface area contributed by atoms with Gasteiger partial charge in [0.05, 0.1) is 4.43 Å². The second kappa shape index (κ2) is 7.04. The van der Waals surface area contributed by atoms with Gasteiger partial charge in [-0.15, -0.1) is 6.58 Å². The van der Waals surface area contributed by atoms with Crippen molar-refractivity contribution >= 4 is 28.5 Å². The first-order valence-corrected chi connectivity index (χ1v) is 6.98. The first-order chi connectivity index (χ1) is 7.29. The molecule has 1 rings (SSSR count). The van der Waals surface area contributed by atoms with E-state index >= 15 is 0 Å². The number of rotatable bonds is 5. The quantitative estimate of drug-likeness (QED) is 0.433. The Hall–Kier alpha value is -0.320. The highest BCUT2D eigenvalue weighted by Crippen LogP contribution is 2.21. The van der Waals surface area contributed by atoms with Crippen LogP contribution in [0.5, 0.6) is 0 Å². The minimum absolute atomic E-state index is 0.227. The number of hydrogen-bond donors (Lipinski definition) is 0. The molecule has 0 aromatic heterocycles. The van der Waals surface area contributed by atoms with Gasteiger partial charge in [-0.05, 0) is 32.1 Å². The van der Waals surface area contributed by atoms with Crippen LogP contribution in [0.2, 0.25) is 0 Å². The first-order valence-electron chi connectivity index (χ1n) is 5.46. The van der Waals surface area contributed by atoms with Gasteiger partial charge in [0.2, 0.25) is 5.91 Å². The molecule has 1 aliphatic rings. The second-order valence-corrected chi connectivity index (χ2v) is 4.46. The number of amides is 1. The second-order valence-electron chi connectivity index (χ2n) is 3.70. The zero-order valence-corrected chi connectivity index (χ0v) is 11.2. The molecule has 0 radical (unpaired) electrons. The number of alkyl halides is 1. The van der Waals surface area contributed by atoms with Gasteiger partial charge in [0.15, 0.2) is 0 Å². The van der Waals surface area contributed by atoms with Gasteiger partial charge in [-0.3, -0.25) is 4.79 Å². The molecule has 1 amide bonds. The Bertz CT molecular complexity index is 260. The van der Waals surface area contributed by atoms with Gasteiger partial charge in [-0.25, -0.2) is 0 Å². The molecule has 0 aromatic rings. The predicted molar refractivity (Wildman–Crippen MR) is 72.0 cm³/mol. The Morgan fingerprint density at radius 2 is 2.40 bits per heavy atom. The van der Waals surface area contributed by atoms with Gasteiger partial charge >= 0.3 is 0 Å². The average Bonchev–Trinajstić information content (AvgIpc) is 2.30. The molecule has 0 heterocycles. The van der Waals surface area contributed by atoms with Crippen LogP contribution in [-0.4, -0.2) is 21.8 Å². The van der Waals surface area contributed by atoms with Crippen LogP contribution in [-0.2, 0) is 4.79 Å². The van der Waals surface area contributed by atoms with Crippen LogP contribution in [0.4, 0.5) is 0 Å². The first kappa shape index (κ1) is 12.7. The number of carbonyl (C=O) groups is 1. The standard InChI is InChI=1S/C12H18INO/c1-2-3-9-14(12(15)10-13)11-7-5-4-6-8-11/h2,7H,1,3-6,8-10H2. The Balaban J connectivity index is 2.65. The molecule has 84 valence electrons. The molecular weight excluding hydrogens is 301 g/mol. The molecule has 0 unspecified atom stereocenters. The van der Waals surface area contributed by atoms with Crippen molar-refractivity contribution in [2.24, 2.45) is 0 Å². The molecule has 0 spiro atoms. The van der Waals surface area contributed by atoms with Crippen molar-refractivity contribution in [3.63, 3.8) is 0 Å². The summed E-state index contributed by atoms with van der Waals surface area (Å²) in [5.74, 6) is 0.227. The van der Waals surface area contributed by atoms with Crippen molar-refractivity contribution in [1.29, 1.82) is 0 Å². The number of carbonyl (C=O) groups excluding carboxylic acids is 1. The van der Waals surface area contributed by atoms with E-state index < -0.39 is 0 Å². The number of allylic oxidation sites excluding steroid dienone is 2. The van der Waals surface area contributed by atoms with E-state index in [1.54, 1.807) is 0 Å². The lowest BCUT2D eigenvalue weighted by Gasteiger charge is -2.26. The Morgan fingerprint density at radius 3 is 2.93 bits per heavy atom. The molecular formula is C12H18INO. The highest BCUT2D eigenvalue weighted by Gasteiger charge is 2.17. The summed E-state index contributed by atoms with van der Waals surface area (Å²) in [6.07, 6.45) is 9.61. The van der Waals surface area contributed by atoms with E-state index in [0.717, 1.165) is 25.8 Å². The van der Waals surface area contributed by atoms with Crippen molar-refractivity contribution in [2.45, 2.75) is 32.1 Å².